The molecule has 4 aliphatic rings. The van der Waals surface area contributed by atoms with E-state index in [-0.39, 0.29) is 0 Å². The van der Waals surface area contributed by atoms with Gasteiger partial charge in [0, 0.05) is 0 Å². The van der Waals surface area contributed by atoms with Crippen molar-refractivity contribution in [3.63, 3.8) is 0 Å². The first kappa shape index (κ1) is 13.9. The van der Waals surface area contributed by atoms with Gasteiger partial charge in [0.25, 0.3) is 0 Å². The molecule has 0 nitrogen and oxygen atoms in total. The van der Waals surface area contributed by atoms with Crippen molar-refractivity contribution in [1.29, 1.82) is 0 Å². The highest BCUT2D eigenvalue weighted by Gasteiger charge is 2.33. The Balaban J connectivity index is 0.000000121. The summed E-state index contributed by atoms with van der Waals surface area (Å²) >= 11 is 0. The van der Waals surface area contributed by atoms with Gasteiger partial charge >= 0.3 is 0 Å². The Bertz CT molecular complexity index is 449. The molecule has 0 amide bonds. The van der Waals surface area contributed by atoms with Crippen molar-refractivity contribution in [2.75, 3.05) is 0 Å². The molecule has 0 heteroatoms. The molecule has 0 spiro atoms. The van der Waals surface area contributed by atoms with Crippen molar-refractivity contribution in [2.45, 2.75) is 46.0 Å². The van der Waals surface area contributed by atoms with Gasteiger partial charge in [-0.1, -0.05) is 55.0 Å². The van der Waals surface area contributed by atoms with Gasteiger partial charge in [-0.3, -0.25) is 0 Å². The smallest absolute Gasteiger partial charge is 0.0163 e. The number of hydrogen-bond donors (Lipinski definition) is 0. The zero-order chi connectivity index (χ0) is 13.9. The molecule has 0 aromatic heterocycles. The van der Waals surface area contributed by atoms with Crippen LogP contribution in [0, 0.1) is 29.6 Å². The van der Waals surface area contributed by atoms with Gasteiger partial charge in [-0.2, -0.15) is 0 Å². The number of allylic oxidation sites excluding steroid dienone is 8. The van der Waals surface area contributed by atoms with Crippen LogP contribution in [0.2, 0.25) is 0 Å². The van der Waals surface area contributed by atoms with Gasteiger partial charge in [0.2, 0.25) is 0 Å². The predicted octanol–water partition coefficient (Wildman–Crippen LogP) is 5.69. The van der Waals surface area contributed by atoms with Gasteiger partial charge < -0.3 is 0 Å². The minimum atomic E-state index is 0.870. The van der Waals surface area contributed by atoms with Gasteiger partial charge in [-0.15, -0.1) is 0 Å². The summed E-state index contributed by atoms with van der Waals surface area (Å²) in [7, 11) is 0. The number of hydrogen-bond acceptors (Lipinski definition) is 0. The summed E-state index contributed by atoms with van der Waals surface area (Å²) in [4.78, 5) is 0. The van der Waals surface area contributed by atoms with Gasteiger partial charge in [0.15, 0.2) is 0 Å². The average Bonchev–Trinajstić information content (AvgIpc) is 3.17. The molecular weight excluding hydrogens is 240 g/mol. The van der Waals surface area contributed by atoms with Crippen LogP contribution in [0.15, 0.2) is 48.1 Å². The van der Waals surface area contributed by atoms with E-state index in [0.29, 0.717) is 0 Å². The fraction of sp³-hybridized carbons (Fsp3) is 0.600. The summed E-state index contributed by atoms with van der Waals surface area (Å²) in [6.45, 7) is 4.47. The molecule has 0 aromatic carbocycles. The van der Waals surface area contributed by atoms with Gasteiger partial charge in [-0.25, -0.2) is 0 Å². The third kappa shape index (κ3) is 2.85. The summed E-state index contributed by atoms with van der Waals surface area (Å²) in [6.07, 6.45) is 23.2. The van der Waals surface area contributed by atoms with E-state index in [0.717, 1.165) is 29.6 Å². The minimum Gasteiger partial charge on any atom is -0.0914 e. The lowest BCUT2D eigenvalue weighted by Gasteiger charge is -2.14. The van der Waals surface area contributed by atoms with E-state index in [1.165, 1.54) is 32.1 Å². The highest BCUT2D eigenvalue weighted by Crippen LogP contribution is 2.43. The molecule has 5 unspecified atom stereocenters. The maximum Gasteiger partial charge on any atom is -0.0163 e. The molecule has 2 fully saturated rings. The van der Waals surface area contributed by atoms with Crippen molar-refractivity contribution in [3.8, 4) is 0 Å². The largest absolute Gasteiger partial charge is 0.0914 e. The molecule has 0 heterocycles. The van der Waals surface area contributed by atoms with Crippen LogP contribution in [0.5, 0.6) is 0 Å². The zero-order valence-corrected chi connectivity index (χ0v) is 13.0. The molecule has 5 atom stereocenters. The molecular formula is C20H28. The molecule has 20 heavy (non-hydrogen) atoms. The Morgan fingerprint density at radius 2 is 2.05 bits per heavy atom. The van der Waals surface area contributed by atoms with Crippen LogP contribution in [-0.2, 0) is 0 Å². The molecule has 0 aromatic rings. The van der Waals surface area contributed by atoms with Crippen molar-refractivity contribution in [1.82, 2.24) is 0 Å². The lowest BCUT2D eigenvalue weighted by atomic mass is 9.91. The fourth-order valence-corrected chi connectivity index (χ4v) is 4.45. The first-order valence-electron chi connectivity index (χ1n) is 8.45. The molecule has 4 aliphatic carbocycles. The van der Waals surface area contributed by atoms with Crippen LogP contribution >= 0.6 is 0 Å². The normalized spacial score (nSPS) is 40.7. The monoisotopic (exact) mass is 268 g/mol. The van der Waals surface area contributed by atoms with Crippen molar-refractivity contribution in [3.05, 3.63) is 48.1 Å². The summed E-state index contributed by atoms with van der Waals surface area (Å²) in [6, 6.07) is 0. The van der Waals surface area contributed by atoms with Crippen LogP contribution < -0.4 is 0 Å². The van der Waals surface area contributed by atoms with E-state index in [1.807, 2.05) is 0 Å². The molecule has 108 valence electrons. The van der Waals surface area contributed by atoms with Crippen molar-refractivity contribution < 1.29 is 0 Å². The van der Waals surface area contributed by atoms with E-state index >= 15 is 0 Å². The van der Waals surface area contributed by atoms with Gasteiger partial charge in [0.05, 0.1) is 0 Å². The van der Waals surface area contributed by atoms with Gasteiger partial charge in [0.1, 0.15) is 0 Å². The zero-order valence-electron chi connectivity index (χ0n) is 13.0. The molecule has 4 rings (SSSR count). The van der Waals surface area contributed by atoms with E-state index in [9.17, 15) is 0 Å². The Kier molecular flexibility index (Phi) is 4.29. The second-order valence-electron chi connectivity index (χ2n) is 6.98. The second kappa shape index (κ2) is 6.16. The lowest BCUT2D eigenvalue weighted by molar-refractivity contribution is 0.549. The van der Waals surface area contributed by atoms with E-state index in [4.69, 9.17) is 0 Å². The standard InChI is InChI=1S/2C10H14/c1-8-6-7-9-4-2-3-5-10(8)9;1-2-3-9-6-8-4-5-10(9)7-8/h2-3,5,8-9H,4,6-7H2,1H3;2-5,8-10H,6-7H2,1H3. The van der Waals surface area contributed by atoms with Crippen LogP contribution in [0.3, 0.4) is 0 Å². The maximum atomic E-state index is 2.40. The predicted molar refractivity (Wildman–Crippen MR) is 87.4 cm³/mol. The summed E-state index contributed by atoms with van der Waals surface area (Å²) in [5, 5.41) is 0. The molecule has 2 saturated carbocycles. The van der Waals surface area contributed by atoms with Gasteiger partial charge in [-0.05, 0) is 68.6 Å². The van der Waals surface area contributed by atoms with Crippen molar-refractivity contribution >= 4 is 0 Å². The summed E-state index contributed by atoms with van der Waals surface area (Å²) in [5.74, 6) is 4.47. The molecule has 0 aliphatic heterocycles. The first-order chi connectivity index (χ1) is 9.78. The Morgan fingerprint density at radius 3 is 2.70 bits per heavy atom. The first-order valence-corrected chi connectivity index (χ1v) is 8.45. The topological polar surface area (TPSA) is 0 Å². The van der Waals surface area contributed by atoms with E-state index < -0.39 is 0 Å². The fourth-order valence-electron chi connectivity index (χ4n) is 4.45. The Labute approximate surface area is 124 Å². The Hall–Kier alpha value is -1.04. The molecule has 0 N–H and O–H groups in total. The second-order valence-corrected chi connectivity index (χ2v) is 6.98. The molecule has 0 radical (unpaired) electrons. The minimum absolute atomic E-state index is 0.870. The van der Waals surface area contributed by atoms with E-state index in [2.05, 4.69) is 56.4 Å². The summed E-state index contributed by atoms with van der Waals surface area (Å²) < 4.78 is 0. The highest BCUT2D eigenvalue weighted by molar-refractivity contribution is 5.25. The number of fused-ring (bicyclic) bond motifs is 3. The lowest BCUT2D eigenvalue weighted by Crippen LogP contribution is -2.02. The van der Waals surface area contributed by atoms with Crippen LogP contribution in [0.1, 0.15) is 46.0 Å². The van der Waals surface area contributed by atoms with Crippen LogP contribution in [0.25, 0.3) is 0 Å². The number of rotatable bonds is 1. The highest BCUT2D eigenvalue weighted by atomic mass is 14.4. The molecule has 2 bridgehead atoms. The van der Waals surface area contributed by atoms with Crippen LogP contribution in [-0.4, -0.2) is 0 Å². The maximum absolute atomic E-state index is 2.40. The average molecular weight is 268 g/mol. The third-order valence-electron chi connectivity index (χ3n) is 5.60. The van der Waals surface area contributed by atoms with Crippen LogP contribution in [0.4, 0.5) is 0 Å². The summed E-state index contributed by atoms with van der Waals surface area (Å²) in [5.41, 5.74) is 1.71. The third-order valence-corrected chi connectivity index (χ3v) is 5.60. The quantitative estimate of drug-likeness (QED) is 0.536. The Morgan fingerprint density at radius 1 is 1.15 bits per heavy atom. The van der Waals surface area contributed by atoms with Crippen molar-refractivity contribution in [2.24, 2.45) is 29.6 Å². The SMILES string of the molecule is CC1CCC2CC=CC=C12.CC=CC1CC2C=CC1C2. The van der Waals surface area contributed by atoms with E-state index in [1.54, 1.807) is 5.57 Å². The molecule has 0 saturated heterocycles.